The molecule has 154 valence electrons. The lowest BCUT2D eigenvalue weighted by molar-refractivity contribution is 0.0952. The fourth-order valence-corrected chi connectivity index (χ4v) is 6.54. The summed E-state index contributed by atoms with van der Waals surface area (Å²) in [5, 5.41) is 6.12. The van der Waals surface area contributed by atoms with Gasteiger partial charge in [-0.2, -0.15) is 0 Å². The van der Waals surface area contributed by atoms with Gasteiger partial charge in [-0.1, -0.05) is 30.3 Å². The van der Waals surface area contributed by atoms with Crippen molar-refractivity contribution in [3.8, 4) is 0 Å². The number of nitrogens with one attached hydrogen (secondary N) is 1. The normalized spacial score (nSPS) is 14.1. The average molecular weight is 448 g/mol. The standard InChI is InChI=1S/C24H17NO4S2/c26-23-18-6-2-4-8-21(18)31(28,29)22-13-15(9-10-19(22)23)24(27)25-12-11-16-14-30-20-7-3-1-5-17(16)20/h1-10,13-14H,11-12H2,(H,25,27). The number of fused-ring (bicyclic) bond motifs is 3. The van der Waals surface area contributed by atoms with Crippen molar-refractivity contribution < 1.29 is 18.0 Å². The molecule has 0 radical (unpaired) electrons. The molecule has 0 atom stereocenters. The largest absolute Gasteiger partial charge is 0.352 e. The van der Waals surface area contributed by atoms with Gasteiger partial charge in [0.1, 0.15) is 0 Å². The first-order valence-electron chi connectivity index (χ1n) is 9.73. The van der Waals surface area contributed by atoms with Crippen molar-refractivity contribution in [1.29, 1.82) is 0 Å². The Morgan fingerprint density at radius 1 is 0.903 bits per heavy atom. The van der Waals surface area contributed by atoms with E-state index in [1.54, 1.807) is 23.5 Å². The maximum Gasteiger partial charge on any atom is 0.251 e. The van der Waals surface area contributed by atoms with E-state index in [-0.39, 0.29) is 38.2 Å². The van der Waals surface area contributed by atoms with Gasteiger partial charge in [-0.25, -0.2) is 8.42 Å². The predicted octanol–water partition coefficient (Wildman–Crippen LogP) is 4.25. The summed E-state index contributed by atoms with van der Waals surface area (Å²) >= 11 is 1.67. The van der Waals surface area contributed by atoms with Crippen molar-refractivity contribution in [3.05, 3.63) is 94.4 Å². The summed E-state index contributed by atoms with van der Waals surface area (Å²) in [4.78, 5) is 25.3. The summed E-state index contributed by atoms with van der Waals surface area (Å²) in [5.74, 6) is -0.722. The molecule has 0 saturated carbocycles. The van der Waals surface area contributed by atoms with Crippen LogP contribution in [0, 0.1) is 0 Å². The Kier molecular flexibility index (Phi) is 4.72. The van der Waals surface area contributed by atoms with E-state index < -0.39 is 9.84 Å². The third-order valence-electron chi connectivity index (χ3n) is 5.44. The second kappa shape index (κ2) is 7.44. The maximum atomic E-state index is 13.0. The SMILES string of the molecule is O=C(NCCc1csc2ccccc12)c1ccc2c(c1)S(=O)(=O)c1ccccc1C2=O. The van der Waals surface area contributed by atoms with E-state index in [1.807, 2.05) is 12.1 Å². The highest BCUT2D eigenvalue weighted by Crippen LogP contribution is 2.34. The molecule has 3 aromatic carbocycles. The van der Waals surface area contributed by atoms with Gasteiger partial charge in [0.15, 0.2) is 5.78 Å². The second-order valence-electron chi connectivity index (χ2n) is 7.30. The Balaban J connectivity index is 1.37. The molecule has 0 saturated heterocycles. The molecule has 5 rings (SSSR count). The zero-order valence-corrected chi connectivity index (χ0v) is 17.9. The first-order chi connectivity index (χ1) is 15.0. The smallest absolute Gasteiger partial charge is 0.251 e. The van der Waals surface area contributed by atoms with Gasteiger partial charge >= 0.3 is 0 Å². The quantitative estimate of drug-likeness (QED) is 0.447. The van der Waals surface area contributed by atoms with Crippen LogP contribution in [0.1, 0.15) is 31.8 Å². The number of amides is 1. The van der Waals surface area contributed by atoms with Crippen LogP contribution in [0.4, 0.5) is 0 Å². The molecule has 0 spiro atoms. The number of rotatable bonds is 4. The van der Waals surface area contributed by atoms with Gasteiger partial charge < -0.3 is 5.32 Å². The van der Waals surface area contributed by atoms with Gasteiger partial charge in [0.2, 0.25) is 9.84 Å². The van der Waals surface area contributed by atoms with Crippen molar-refractivity contribution in [2.45, 2.75) is 16.2 Å². The van der Waals surface area contributed by atoms with Gasteiger partial charge in [-0.05, 0) is 59.1 Å². The Hall–Kier alpha value is -3.29. The highest BCUT2D eigenvalue weighted by Gasteiger charge is 2.34. The van der Waals surface area contributed by atoms with Crippen LogP contribution in [0.5, 0.6) is 0 Å². The molecule has 1 aliphatic rings. The van der Waals surface area contributed by atoms with Crippen molar-refractivity contribution in [3.63, 3.8) is 0 Å². The fourth-order valence-electron chi connectivity index (χ4n) is 3.86. The van der Waals surface area contributed by atoms with E-state index in [9.17, 15) is 18.0 Å². The van der Waals surface area contributed by atoms with Crippen molar-refractivity contribution >= 4 is 43.0 Å². The molecule has 0 fully saturated rings. The topological polar surface area (TPSA) is 80.3 Å². The van der Waals surface area contributed by atoms with Crippen LogP contribution in [0.15, 0.2) is 81.9 Å². The summed E-state index contributed by atoms with van der Waals surface area (Å²) in [6.07, 6.45) is 0.671. The van der Waals surface area contributed by atoms with Crippen LogP contribution < -0.4 is 5.32 Å². The first-order valence-corrected chi connectivity index (χ1v) is 12.1. The second-order valence-corrected chi connectivity index (χ2v) is 10.1. The van der Waals surface area contributed by atoms with Crippen LogP contribution in [-0.2, 0) is 16.3 Å². The fraction of sp³-hybridized carbons (Fsp3) is 0.0833. The first kappa shape index (κ1) is 19.7. The zero-order valence-electron chi connectivity index (χ0n) is 16.3. The number of hydrogen-bond donors (Lipinski definition) is 1. The molecule has 0 unspecified atom stereocenters. The zero-order chi connectivity index (χ0) is 21.6. The molecule has 0 aliphatic carbocycles. The lowest BCUT2D eigenvalue weighted by Crippen LogP contribution is -2.27. The highest BCUT2D eigenvalue weighted by atomic mass is 32.2. The molecule has 1 amide bonds. The molecular formula is C24H17NO4S2. The Morgan fingerprint density at radius 3 is 2.52 bits per heavy atom. The van der Waals surface area contributed by atoms with Crippen LogP contribution >= 0.6 is 11.3 Å². The number of hydrogen-bond acceptors (Lipinski definition) is 5. The third-order valence-corrected chi connectivity index (χ3v) is 8.30. The number of thiophene rings is 1. The molecule has 5 nitrogen and oxygen atoms in total. The van der Waals surface area contributed by atoms with Gasteiger partial charge in [0.25, 0.3) is 5.91 Å². The van der Waals surface area contributed by atoms with Crippen molar-refractivity contribution in [2.75, 3.05) is 6.54 Å². The molecular weight excluding hydrogens is 430 g/mol. The number of sulfone groups is 1. The minimum atomic E-state index is -3.87. The predicted molar refractivity (Wildman–Crippen MR) is 120 cm³/mol. The summed E-state index contributed by atoms with van der Waals surface area (Å²) < 4.78 is 27.3. The van der Waals surface area contributed by atoms with Crippen LogP contribution in [0.2, 0.25) is 0 Å². The number of carbonyl (C=O) groups excluding carboxylic acids is 2. The van der Waals surface area contributed by atoms with E-state index in [0.717, 1.165) is 5.56 Å². The molecule has 7 heteroatoms. The molecule has 4 aromatic rings. The number of ketones is 1. The molecule has 2 heterocycles. The van der Waals surface area contributed by atoms with Crippen LogP contribution in [-0.4, -0.2) is 26.7 Å². The minimum absolute atomic E-state index is 0.0191. The van der Waals surface area contributed by atoms with Crippen LogP contribution in [0.25, 0.3) is 10.1 Å². The molecule has 1 aromatic heterocycles. The Labute approximate surface area is 183 Å². The molecule has 1 N–H and O–H groups in total. The summed E-state index contributed by atoms with van der Waals surface area (Å²) in [5.41, 5.74) is 1.64. The van der Waals surface area contributed by atoms with Crippen molar-refractivity contribution in [1.82, 2.24) is 5.32 Å². The monoisotopic (exact) mass is 447 g/mol. The van der Waals surface area contributed by atoms with E-state index in [0.29, 0.717) is 13.0 Å². The summed E-state index contributed by atoms with van der Waals surface area (Å²) in [6.45, 7) is 0.422. The lowest BCUT2D eigenvalue weighted by atomic mass is 10.0. The minimum Gasteiger partial charge on any atom is -0.352 e. The van der Waals surface area contributed by atoms with Gasteiger partial charge in [-0.15, -0.1) is 11.3 Å². The van der Waals surface area contributed by atoms with Gasteiger partial charge in [-0.3, -0.25) is 9.59 Å². The van der Waals surface area contributed by atoms with E-state index in [2.05, 4.69) is 22.8 Å². The highest BCUT2D eigenvalue weighted by molar-refractivity contribution is 7.91. The number of carbonyl (C=O) groups is 2. The average Bonchev–Trinajstić information content (AvgIpc) is 3.20. The maximum absolute atomic E-state index is 13.0. The summed E-state index contributed by atoms with van der Waals surface area (Å²) in [7, 11) is -3.87. The lowest BCUT2D eigenvalue weighted by Gasteiger charge is -2.19. The molecule has 0 bridgehead atoms. The van der Waals surface area contributed by atoms with Crippen LogP contribution in [0.3, 0.4) is 0 Å². The molecule has 1 aliphatic heterocycles. The van der Waals surface area contributed by atoms with E-state index in [1.165, 1.54) is 40.4 Å². The van der Waals surface area contributed by atoms with E-state index >= 15 is 0 Å². The van der Waals surface area contributed by atoms with E-state index in [4.69, 9.17) is 0 Å². The summed E-state index contributed by atoms with van der Waals surface area (Å²) in [6, 6.07) is 18.5. The third kappa shape index (κ3) is 3.26. The van der Waals surface area contributed by atoms with Crippen molar-refractivity contribution in [2.24, 2.45) is 0 Å². The van der Waals surface area contributed by atoms with Gasteiger partial charge in [0.05, 0.1) is 9.79 Å². The molecule has 31 heavy (non-hydrogen) atoms. The van der Waals surface area contributed by atoms with Gasteiger partial charge in [0, 0.05) is 27.9 Å². The number of benzene rings is 3. The Morgan fingerprint density at radius 2 is 1.65 bits per heavy atom. The Bertz CT molecular complexity index is 1470.